The lowest BCUT2D eigenvalue weighted by Gasteiger charge is -2.27. The third kappa shape index (κ3) is 2.63. The molecular weight excluding hydrogens is 215 g/mol. The Bertz CT molecular complexity index is 341. The Balaban J connectivity index is 0.00000112. The van der Waals surface area contributed by atoms with E-state index in [0.29, 0.717) is 5.75 Å². The molecular formula is C11H15FO2S. The summed E-state index contributed by atoms with van der Waals surface area (Å²) in [7, 11) is 0. The van der Waals surface area contributed by atoms with E-state index in [4.69, 9.17) is 4.74 Å². The largest absolute Gasteiger partial charge is 0.487 e. The van der Waals surface area contributed by atoms with E-state index in [1.165, 1.54) is 12.1 Å². The van der Waals surface area contributed by atoms with Crippen molar-refractivity contribution in [2.24, 2.45) is 0 Å². The first kappa shape index (κ1) is 12.3. The van der Waals surface area contributed by atoms with E-state index in [9.17, 15) is 9.50 Å². The second-order valence-electron chi connectivity index (χ2n) is 3.69. The molecule has 0 radical (unpaired) electrons. The minimum Gasteiger partial charge on any atom is -0.487 e. The number of benzene rings is 1. The molecule has 2 atom stereocenters. The van der Waals surface area contributed by atoms with Crippen LogP contribution in [0.25, 0.3) is 0 Å². The number of aryl methyl sites for hydroxylation is 1. The molecule has 15 heavy (non-hydrogen) atoms. The minimum absolute atomic E-state index is 0. The van der Waals surface area contributed by atoms with Crippen molar-refractivity contribution < 1.29 is 14.2 Å². The summed E-state index contributed by atoms with van der Waals surface area (Å²) >= 11 is 0. The van der Waals surface area contributed by atoms with Crippen LogP contribution in [0, 0.1) is 5.82 Å². The lowest BCUT2D eigenvalue weighted by Crippen LogP contribution is -2.32. The Morgan fingerprint density at radius 2 is 2.27 bits per heavy atom. The molecule has 1 aromatic carbocycles. The highest BCUT2D eigenvalue weighted by Gasteiger charge is 2.23. The first-order chi connectivity index (χ1) is 6.66. The Hall–Kier alpha value is -0.740. The molecule has 0 aliphatic carbocycles. The standard InChI is InChI=1S/C11H13FO2.H2S/c1-7(13)10-4-2-8-6-9(12)3-5-11(8)14-10;/h3,5-7,10,13H,2,4H2,1H3;1H2/t7-,10?;/m1./s1. The molecule has 1 aromatic rings. The number of rotatable bonds is 1. The molecule has 1 heterocycles. The van der Waals surface area contributed by atoms with Gasteiger partial charge >= 0.3 is 0 Å². The predicted molar refractivity (Wildman–Crippen MR) is 61.2 cm³/mol. The number of fused-ring (bicyclic) bond motifs is 1. The molecule has 4 heteroatoms. The van der Waals surface area contributed by atoms with Crippen LogP contribution >= 0.6 is 13.5 Å². The first-order valence-electron chi connectivity index (χ1n) is 4.80. The number of hydrogen-bond donors (Lipinski definition) is 1. The van der Waals surface area contributed by atoms with Gasteiger partial charge in [0, 0.05) is 0 Å². The SMILES string of the molecule is C[C@@H](O)C1CCc2cc(F)ccc2O1.S. The van der Waals surface area contributed by atoms with Gasteiger partial charge in [0.1, 0.15) is 17.7 Å². The number of ether oxygens (including phenoxy) is 1. The fourth-order valence-electron chi connectivity index (χ4n) is 1.72. The average molecular weight is 230 g/mol. The molecule has 0 fully saturated rings. The van der Waals surface area contributed by atoms with Gasteiger partial charge in [0.2, 0.25) is 0 Å². The fourth-order valence-corrected chi connectivity index (χ4v) is 1.72. The number of hydrogen-bond acceptors (Lipinski definition) is 2. The second kappa shape index (κ2) is 4.86. The van der Waals surface area contributed by atoms with Crippen LogP contribution in [0.15, 0.2) is 18.2 Å². The van der Waals surface area contributed by atoms with Gasteiger partial charge < -0.3 is 9.84 Å². The van der Waals surface area contributed by atoms with Crippen LogP contribution in [0.1, 0.15) is 18.9 Å². The summed E-state index contributed by atoms with van der Waals surface area (Å²) in [5, 5.41) is 9.36. The van der Waals surface area contributed by atoms with E-state index in [0.717, 1.165) is 18.4 Å². The topological polar surface area (TPSA) is 29.5 Å². The molecule has 84 valence electrons. The molecule has 0 saturated heterocycles. The zero-order chi connectivity index (χ0) is 10.1. The molecule has 2 rings (SSSR count). The van der Waals surface area contributed by atoms with Gasteiger partial charge in [-0.3, -0.25) is 0 Å². The molecule has 0 saturated carbocycles. The Morgan fingerprint density at radius 3 is 2.93 bits per heavy atom. The third-order valence-corrected chi connectivity index (χ3v) is 2.54. The molecule has 0 aromatic heterocycles. The number of aliphatic hydroxyl groups excluding tert-OH is 1. The van der Waals surface area contributed by atoms with Gasteiger partial charge in [-0.1, -0.05) is 0 Å². The summed E-state index contributed by atoms with van der Waals surface area (Å²) in [4.78, 5) is 0. The van der Waals surface area contributed by atoms with E-state index in [2.05, 4.69) is 0 Å². The van der Waals surface area contributed by atoms with E-state index >= 15 is 0 Å². The van der Waals surface area contributed by atoms with E-state index in [-0.39, 0.29) is 25.4 Å². The summed E-state index contributed by atoms with van der Waals surface area (Å²) in [6.45, 7) is 1.71. The molecule has 1 unspecified atom stereocenters. The fraction of sp³-hybridized carbons (Fsp3) is 0.455. The van der Waals surface area contributed by atoms with Crippen LogP contribution in [0.3, 0.4) is 0 Å². The molecule has 1 aliphatic heterocycles. The monoisotopic (exact) mass is 230 g/mol. The van der Waals surface area contributed by atoms with Crippen LogP contribution in [-0.2, 0) is 6.42 Å². The van der Waals surface area contributed by atoms with Gasteiger partial charge in [-0.2, -0.15) is 13.5 Å². The number of halogens is 1. The normalized spacial score (nSPS) is 20.9. The van der Waals surface area contributed by atoms with Crippen LogP contribution in [0.4, 0.5) is 4.39 Å². The van der Waals surface area contributed by atoms with E-state index in [1.54, 1.807) is 13.0 Å². The van der Waals surface area contributed by atoms with Gasteiger partial charge in [0.25, 0.3) is 0 Å². The lowest BCUT2D eigenvalue weighted by molar-refractivity contribution is 0.0356. The Morgan fingerprint density at radius 1 is 1.53 bits per heavy atom. The van der Waals surface area contributed by atoms with Gasteiger partial charge in [0.15, 0.2) is 0 Å². The first-order valence-corrected chi connectivity index (χ1v) is 4.80. The maximum Gasteiger partial charge on any atom is 0.125 e. The summed E-state index contributed by atoms with van der Waals surface area (Å²) in [6, 6.07) is 4.50. The molecule has 2 nitrogen and oxygen atoms in total. The minimum atomic E-state index is -0.479. The summed E-state index contributed by atoms with van der Waals surface area (Å²) < 4.78 is 18.4. The molecule has 1 N–H and O–H groups in total. The van der Waals surface area contributed by atoms with Crippen molar-refractivity contribution in [3.05, 3.63) is 29.6 Å². The molecule has 0 amide bonds. The highest BCUT2D eigenvalue weighted by atomic mass is 32.1. The van der Waals surface area contributed by atoms with E-state index < -0.39 is 6.10 Å². The lowest BCUT2D eigenvalue weighted by atomic mass is 10.00. The smallest absolute Gasteiger partial charge is 0.125 e. The summed E-state index contributed by atoms with van der Waals surface area (Å²) in [6.07, 6.45) is 0.873. The van der Waals surface area contributed by atoms with Gasteiger partial charge in [-0.05, 0) is 43.5 Å². The van der Waals surface area contributed by atoms with Crippen molar-refractivity contribution in [3.8, 4) is 5.75 Å². The zero-order valence-corrected chi connectivity index (χ0v) is 9.53. The Labute approximate surface area is 95.5 Å². The van der Waals surface area contributed by atoms with Crippen molar-refractivity contribution in [2.45, 2.75) is 32.0 Å². The number of aliphatic hydroxyl groups is 1. The highest BCUT2D eigenvalue weighted by molar-refractivity contribution is 7.59. The maximum absolute atomic E-state index is 12.8. The van der Waals surface area contributed by atoms with Crippen molar-refractivity contribution in [1.29, 1.82) is 0 Å². The maximum atomic E-state index is 12.8. The van der Waals surface area contributed by atoms with Crippen LogP contribution in [0.2, 0.25) is 0 Å². The summed E-state index contributed by atoms with van der Waals surface area (Å²) in [5.41, 5.74) is 0.891. The van der Waals surface area contributed by atoms with Crippen molar-refractivity contribution in [3.63, 3.8) is 0 Å². The molecule has 1 aliphatic rings. The quantitative estimate of drug-likeness (QED) is 0.799. The van der Waals surface area contributed by atoms with Crippen molar-refractivity contribution >= 4 is 13.5 Å². The van der Waals surface area contributed by atoms with E-state index in [1.807, 2.05) is 0 Å². The third-order valence-electron chi connectivity index (χ3n) is 2.54. The zero-order valence-electron chi connectivity index (χ0n) is 8.53. The van der Waals surface area contributed by atoms with Crippen LogP contribution in [0.5, 0.6) is 5.75 Å². The average Bonchev–Trinajstić information content (AvgIpc) is 2.16. The van der Waals surface area contributed by atoms with Gasteiger partial charge in [0.05, 0.1) is 6.10 Å². The van der Waals surface area contributed by atoms with Crippen molar-refractivity contribution in [1.82, 2.24) is 0 Å². The van der Waals surface area contributed by atoms with Gasteiger partial charge in [-0.15, -0.1) is 0 Å². The predicted octanol–water partition coefficient (Wildman–Crippen LogP) is 2.01. The van der Waals surface area contributed by atoms with Gasteiger partial charge in [-0.25, -0.2) is 4.39 Å². The molecule has 0 bridgehead atoms. The van der Waals surface area contributed by atoms with Crippen LogP contribution < -0.4 is 4.74 Å². The van der Waals surface area contributed by atoms with Crippen LogP contribution in [-0.4, -0.2) is 17.3 Å². The van der Waals surface area contributed by atoms with Crippen molar-refractivity contribution in [2.75, 3.05) is 0 Å². The summed E-state index contributed by atoms with van der Waals surface area (Å²) in [5.74, 6) is 0.464. The second-order valence-corrected chi connectivity index (χ2v) is 3.69. The molecule has 0 spiro atoms. The Kier molecular flexibility index (Phi) is 3.99. The highest BCUT2D eigenvalue weighted by Crippen LogP contribution is 2.29.